The smallest absolute Gasteiger partial charge is 0.240 e. The summed E-state index contributed by atoms with van der Waals surface area (Å²) in [5.74, 6) is 0. The Balaban J connectivity index is 1.46. The first-order chi connectivity index (χ1) is 16.5. The van der Waals surface area contributed by atoms with Crippen LogP contribution in [0.5, 0.6) is 0 Å². The van der Waals surface area contributed by atoms with Gasteiger partial charge in [-0.3, -0.25) is 14.9 Å². The molecule has 0 radical (unpaired) electrons. The number of rotatable bonds is 9. The monoisotopic (exact) mass is 478 g/mol. The fourth-order valence-electron chi connectivity index (χ4n) is 4.96. The van der Waals surface area contributed by atoms with E-state index in [0.717, 1.165) is 50.0 Å². The SMILES string of the molecule is Cc1cccnc1[C@H]1CCC[C@@H](c2ncccc2C)N1CCCCNS(=O)(=O)c1ccccc1. The zero-order chi connectivity index (χ0) is 24.0. The molecule has 180 valence electrons. The third kappa shape index (κ3) is 5.71. The molecular weight excluding hydrogens is 444 g/mol. The van der Waals surface area contributed by atoms with Gasteiger partial charge in [-0.15, -0.1) is 0 Å². The van der Waals surface area contributed by atoms with E-state index < -0.39 is 10.0 Å². The number of aromatic nitrogens is 2. The highest BCUT2D eigenvalue weighted by Crippen LogP contribution is 2.42. The van der Waals surface area contributed by atoms with E-state index in [9.17, 15) is 8.42 Å². The molecule has 1 fully saturated rings. The van der Waals surface area contributed by atoms with Crippen molar-refractivity contribution < 1.29 is 8.42 Å². The van der Waals surface area contributed by atoms with Crippen molar-refractivity contribution in [1.82, 2.24) is 19.6 Å². The van der Waals surface area contributed by atoms with Crippen LogP contribution < -0.4 is 4.72 Å². The van der Waals surface area contributed by atoms with Crippen LogP contribution in [0.15, 0.2) is 71.9 Å². The Morgan fingerprint density at radius 1 is 0.853 bits per heavy atom. The third-order valence-corrected chi connectivity index (χ3v) is 8.15. The predicted molar refractivity (Wildman–Crippen MR) is 135 cm³/mol. The summed E-state index contributed by atoms with van der Waals surface area (Å²) in [5, 5.41) is 0. The van der Waals surface area contributed by atoms with Crippen LogP contribution in [0.4, 0.5) is 0 Å². The van der Waals surface area contributed by atoms with Gasteiger partial charge in [0, 0.05) is 18.9 Å². The lowest BCUT2D eigenvalue weighted by Gasteiger charge is -2.42. The first-order valence-electron chi connectivity index (χ1n) is 12.1. The number of pyridine rings is 2. The molecule has 4 rings (SSSR count). The molecule has 3 heterocycles. The first-order valence-corrected chi connectivity index (χ1v) is 13.6. The van der Waals surface area contributed by atoms with Crippen molar-refractivity contribution in [2.24, 2.45) is 0 Å². The highest BCUT2D eigenvalue weighted by atomic mass is 32.2. The Labute approximate surface area is 203 Å². The highest BCUT2D eigenvalue weighted by molar-refractivity contribution is 7.89. The number of nitrogens with one attached hydrogen (secondary N) is 1. The van der Waals surface area contributed by atoms with Crippen LogP contribution in [0.3, 0.4) is 0 Å². The van der Waals surface area contributed by atoms with Crippen molar-refractivity contribution in [2.45, 2.75) is 62.9 Å². The molecular formula is C27H34N4O2S. The summed E-state index contributed by atoms with van der Waals surface area (Å²) in [7, 11) is -3.47. The standard InChI is InChI=1S/C27H34N4O2S/c1-21-11-9-17-28-26(21)24-15-8-16-25(27-22(2)12-10-18-29-27)31(24)20-7-6-19-30-34(32,33)23-13-4-3-5-14-23/h3-5,9-14,17-18,24-25,30H,6-8,15-16,19-20H2,1-2H3/t24-,25+. The van der Waals surface area contributed by atoms with Crippen molar-refractivity contribution in [2.75, 3.05) is 13.1 Å². The van der Waals surface area contributed by atoms with Crippen molar-refractivity contribution in [1.29, 1.82) is 0 Å². The van der Waals surface area contributed by atoms with Crippen LogP contribution in [-0.4, -0.2) is 36.4 Å². The molecule has 6 nitrogen and oxygen atoms in total. The number of likely N-dealkylation sites (tertiary alicyclic amines) is 1. The second-order valence-corrected chi connectivity index (χ2v) is 10.8. The van der Waals surface area contributed by atoms with Crippen LogP contribution in [0.2, 0.25) is 0 Å². The van der Waals surface area contributed by atoms with Crippen LogP contribution >= 0.6 is 0 Å². The highest BCUT2D eigenvalue weighted by Gasteiger charge is 2.34. The topological polar surface area (TPSA) is 75.2 Å². The van der Waals surface area contributed by atoms with Gasteiger partial charge in [-0.2, -0.15) is 0 Å². The molecule has 2 atom stereocenters. The summed E-state index contributed by atoms with van der Waals surface area (Å²) in [5.41, 5.74) is 4.72. The van der Waals surface area contributed by atoms with E-state index in [-0.39, 0.29) is 12.1 Å². The molecule has 34 heavy (non-hydrogen) atoms. The molecule has 1 aromatic carbocycles. The minimum atomic E-state index is -3.47. The zero-order valence-electron chi connectivity index (χ0n) is 20.0. The molecule has 0 amide bonds. The summed E-state index contributed by atoms with van der Waals surface area (Å²) >= 11 is 0. The maximum absolute atomic E-state index is 12.5. The zero-order valence-corrected chi connectivity index (χ0v) is 20.8. The molecule has 0 saturated carbocycles. The second-order valence-electron chi connectivity index (χ2n) is 9.03. The number of aryl methyl sites for hydroxylation is 2. The van der Waals surface area contributed by atoms with E-state index >= 15 is 0 Å². The summed E-state index contributed by atoms with van der Waals surface area (Å²) < 4.78 is 27.8. The molecule has 3 aromatic rings. The number of unbranched alkanes of at least 4 members (excludes halogenated alkanes) is 1. The van der Waals surface area contributed by atoms with E-state index in [1.807, 2.05) is 30.6 Å². The van der Waals surface area contributed by atoms with Crippen LogP contribution in [0.1, 0.15) is 66.7 Å². The van der Waals surface area contributed by atoms with Gasteiger partial charge in [0.15, 0.2) is 0 Å². The minimum Gasteiger partial charge on any atom is -0.286 e. The maximum atomic E-state index is 12.5. The molecule has 0 unspecified atom stereocenters. The Kier molecular flexibility index (Phi) is 8.08. The fraction of sp³-hybridized carbons (Fsp3) is 0.407. The molecule has 0 spiro atoms. The molecule has 7 heteroatoms. The van der Waals surface area contributed by atoms with E-state index in [0.29, 0.717) is 11.4 Å². The van der Waals surface area contributed by atoms with Crippen molar-refractivity contribution in [3.05, 3.63) is 89.5 Å². The van der Waals surface area contributed by atoms with Gasteiger partial charge in [0.1, 0.15) is 0 Å². The number of hydrogen-bond acceptors (Lipinski definition) is 5. The number of benzene rings is 1. The van der Waals surface area contributed by atoms with Crippen LogP contribution in [0, 0.1) is 13.8 Å². The molecule has 1 saturated heterocycles. The number of piperidine rings is 1. The van der Waals surface area contributed by atoms with Crippen LogP contribution in [0.25, 0.3) is 0 Å². The van der Waals surface area contributed by atoms with Crippen molar-refractivity contribution in [3.63, 3.8) is 0 Å². The lowest BCUT2D eigenvalue weighted by molar-refractivity contribution is 0.0744. The molecule has 1 aliphatic rings. The first kappa shape index (κ1) is 24.5. The van der Waals surface area contributed by atoms with Gasteiger partial charge >= 0.3 is 0 Å². The average Bonchev–Trinajstić information content (AvgIpc) is 2.85. The van der Waals surface area contributed by atoms with Gasteiger partial charge in [-0.1, -0.05) is 30.3 Å². The Hall–Kier alpha value is -2.61. The molecule has 1 N–H and O–H groups in total. The maximum Gasteiger partial charge on any atom is 0.240 e. The Morgan fingerprint density at radius 2 is 1.44 bits per heavy atom. The fourth-order valence-corrected chi connectivity index (χ4v) is 6.05. The van der Waals surface area contributed by atoms with Crippen LogP contribution in [-0.2, 0) is 10.0 Å². The lowest BCUT2D eigenvalue weighted by Crippen LogP contribution is -2.38. The normalized spacial score (nSPS) is 19.2. The predicted octanol–water partition coefficient (Wildman–Crippen LogP) is 5.12. The molecule has 2 aromatic heterocycles. The molecule has 1 aliphatic heterocycles. The van der Waals surface area contributed by atoms with Crippen molar-refractivity contribution >= 4 is 10.0 Å². The number of nitrogens with zero attached hydrogens (tertiary/aromatic N) is 3. The van der Waals surface area contributed by atoms with Gasteiger partial charge in [0.25, 0.3) is 0 Å². The summed E-state index contributed by atoms with van der Waals surface area (Å²) in [6.07, 6.45) is 8.70. The number of sulfonamides is 1. The molecule has 0 bridgehead atoms. The van der Waals surface area contributed by atoms with E-state index in [1.165, 1.54) is 11.1 Å². The average molecular weight is 479 g/mol. The van der Waals surface area contributed by atoms with E-state index in [2.05, 4.69) is 35.6 Å². The van der Waals surface area contributed by atoms with Gasteiger partial charge in [0.2, 0.25) is 10.0 Å². The lowest BCUT2D eigenvalue weighted by atomic mass is 9.88. The minimum absolute atomic E-state index is 0.238. The van der Waals surface area contributed by atoms with Gasteiger partial charge in [-0.05, 0) is 87.9 Å². The molecule has 0 aliphatic carbocycles. The van der Waals surface area contributed by atoms with Gasteiger partial charge in [0.05, 0.1) is 28.4 Å². The Bertz CT molecular complexity index is 1130. The Morgan fingerprint density at radius 3 is 2.00 bits per heavy atom. The van der Waals surface area contributed by atoms with E-state index in [4.69, 9.17) is 9.97 Å². The van der Waals surface area contributed by atoms with Crippen molar-refractivity contribution in [3.8, 4) is 0 Å². The quantitative estimate of drug-likeness (QED) is 0.432. The third-order valence-electron chi connectivity index (χ3n) is 6.68. The van der Waals surface area contributed by atoms with Gasteiger partial charge in [-0.25, -0.2) is 13.1 Å². The second kappa shape index (κ2) is 11.2. The number of hydrogen-bond donors (Lipinski definition) is 1. The summed E-state index contributed by atoms with van der Waals surface area (Å²) in [6.45, 7) is 5.56. The largest absolute Gasteiger partial charge is 0.286 e. The van der Waals surface area contributed by atoms with Gasteiger partial charge < -0.3 is 0 Å². The summed E-state index contributed by atoms with van der Waals surface area (Å²) in [6, 6.07) is 17.3. The summed E-state index contributed by atoms with van der Waals surface area (Å²) in [4.78, 5) is 12.4. The van der Waals surface area contributed by atoms with E-state index in [1.54, 1.807) is 24.3 Å².